The molecule has 1 aromatic carbocycles. The first kappa shape index (κ1) is 12.6. The van der Waals surface area contributed by atoms with Gasteiger partial charge < -0.3 is 5.32 Å². The van der Waals surface area contributed by atoms with Crippen LogP contribution in [-0.2, 0) is 0 Å². The van der Waals surface area contributed by atoms with Gasteiger partial charge in [0, 0.05) is 11.8 Å². The second kappa shape index (κ2) is 6.16. The lowest BCUT2D eigenvalue weighted by molar-refractivity contribution is 0.673. The summed E-state index contributed by atoms with van der Waals surface area (Å²) in [5.74, 6) is 1.03. The highest BCUT2D eigenvalue weighted by atomic mass is 32.2. The zero-order chi connectivity index (χ0) is 12.9. The van der Waals surface area contributed by atoms with Gasteiger partial charge in [-0.15, -0.1) is 5.10 Å². The molecule has 6 heteroatoms. The Morgan fingerprint density at radius 3 is 2.89 bits per heavy atom. The number of nitrogens with zero attached hydrogens (tertiary/aromatic N) is 4. The minimum atomic E-state index is 0.791. The molecular formula is C13H17N5S. The van der Waals surface area contributed by atoms with Crippen LogP contribution in [0.2, 0.25) is 0 Å². The van der Waals surface area contributed by atoms with Crippen molar-refractivity contribution in [2.45, 2.75) is 30.5 Å². The summed E-state index contributed by atoms with van der Waals surface area (Å²) in [5.41, 5.74) is 1.01. The van der Waals surface area contributed by atoms with E-state index in [0.29, 0.717) is 0 Å². The third kappa shape index (κ3) is 3.54. The fourth-order valence-corrected chi connectivity index (χ4v) is 2.66. The van der Waals surface area contributed by atoms with E-state index in [1.807, 2.05) is 30.3 Å². The number of benzene rings is 1. The van der Waals surface area contributed by atoms with Crippen molar-refractivity contribution in [2.24, 2.45) is 0 Å². The second-order valence-electron chi connectivity index (χ2n) is 4.64. The molecule has 0 atom stereocenters. The molecule has 100 valence electrons. The lowest BCUT2D eigenvalue weighted by Crippen LogP contribution is -2.17. The molecule has 0 spiro atoms. The standard InChI is InChI=1S/C13H17N5S/c1-2-5-12(6-3-1)18-13(15-16-17-18)19-10-4-9-14-11-7-8-11/h1-3,5-6,11,14H,4,7-10H2. The maximum absolute atomic E-state index is 4.08. The smallest absolute Gasteiger partial charge is 0.214 e. The molecule has 1 N–H and O–H groups in total. The van der Waals surface area contributed by atoms with E-state index in [2.05, 4.69) is 20.8 Å². The highest BCUT2D eigenvalue weighted by molar-refractivity contribution is 7.99. The number of aromatic nitrogens is 4. The van der Waals surface area contributed by atoms with Crippen LogP contribution < -0.4 is 5.32 Å². The molecule has 0 aliphatic heterocycles. The number of hydrogen-bond acceptors (Lipinski definition) is 5. The van der Waals surface area contributed by atoms with Crippen molar-refractivity contribution < 1.29 is 0 Å². The summed E-state index contributed by atoms with van der Waals surface area (Å²) in [6.07, 6.45) is 3.83. The number of tetrazole rings is 1. The molecule has 0 radical (unpaired) electrons. The van der Waals surface area contributed by atoms with Gasteiger partial charge in [0.15, 0.2) is 0 Å². The van der Waals surface area contributed by atoms with Crippen LogP contribution >= 0.6 is 11.8 Å². The molecule has 1 saturated carbocycles. The van der Waals surface area contributed by atoms with Gasteiger partial charge in [-0.1, -0.05) is 30.0 Å². The van der Waals surface area contributed by atoms with E-state index in [1.54, 1.807) is 16.4 Å². The molecule has 0 amide bonds. The molecule has 19 heavy (non-hydrogen) atoms. The molecule has 1 aliphatic rings. The van der Waals surface area contributed by atoms with Crippen LogP contribution in [-0.4, -0.2) is 38.5 Å². The monoisotopic (exact) mass is 275 g/mol. The Kier molecular flexibility index (Phi) is 4.10. The van der Waals surface area contributed by atoms with Gasteiger partial charge in [-0.2, -0.15) is 4.68 Å². The van der Waals surface area contributed by atoms with E-state index < -0.39 is 0 Å². The Morgan fingerprint density at radius 2 is 2.11 bits per heavy atom. The van der Waals surface area contributed by atoms with E-state index in [-0.39, 0.29) is 0 Å². The van der Waals surface area contributed by atoms with Gasteiger partial charge in [0.05, 0.1) is 5.69 Å². The molecule has 1 fully saturated rings. The first-order chi connectivity index (χ1) is 9.43. The number of para-hydroxylation sites is 1. The molecule has 0 unspecified atom stereocenters. The third-order valence-corrected chi connectivity index (χ3v) is 4.01. The van der Waals surface area contributed by atoms with Crippen molar-refractivity contribution in [3.63, 3.8) is 0 Å². The van der Waals surface area contributed by atoms with Crippen LogP contribution in [0.5, 0.6) is 0 Å². The molecule has 2 aromatic rings. The predicted molar refractivity (Wildman–Crippen MR) is 75.5 cm³/mol. The molecule has 5 nitrogen and oxygen atoms in total. The van der Waals surface area contributed by atoms with Crippen molar-refractivity contribution in [3.05, 3.63) is 30.3 Å². The molecule has 0 bridgehead atoms. The molecule has 3 rings (SSSR count). The van der Waals surface area contributed by atoms with Crippen molar-refractivity contribution >= 4 is 11.8 Å². The zero-order valence-electron chi connectivity index (χ0n) is 10.7. The van der Waals surface area contributed by atoms with Gasteiger partial charge in [-0.25, -0.2) is 0 Å². The van der Waals surface area contributed by atoms with Gasteiger partial charge in [-0.05, 0) is 48.4 Å². The lowest BCUT2D eigenvalue weighted by Gasteiger charge is -2.04. The summed E-state index contributed by atoms with van der Waals surface area (Å²) in [7, 11) is 0. The maximum atomic E-state index is 4.08. The minimum absolute atomic E-state index is 0.791. The van der Waals surface area contributed by atoms with Crippen molar-refractivity contribution in [1.82, 2.24) is 25.5 Å². The van der Waals surface area contributed by atoms with Gasteiger partial charge in [-0.3, -0.25) is 0 Å². The molecule has 1 heterocycles. The largest absolute Gasteiger partial charge is 0.314 e. The third-order valence-electron chi connectivity index (χ3n) is 3.00. The number of thioether (sulfide) groups is 1. The minimum Gasteiger partial charge on any atom is -0.314 e. The van der Waals surface area contributed by atoms with Crippen LogP contribution in [0.25, 0.3) is 5.69 Å². The normalized spacial score (nSPS) is 14.7. The average Bonchev–Trinajstić information content (AvgIpc) is 3.16. The summed E-state index contributed by atoms with van der Waals surface area (Å²) in [6.45, 7) is 1.09. The summed E-state index contributed by atoms with van der Waals surface area (Å²) < 4.78 is 1.79. The Labute approximate surface area is 116 Å². The van der Waals surface area contributed by atoms with Gasteiger partial charge in [0.2, 0.25) is 5.16 Å². The summed E-state index contributed by atoms with van der Waals surface area (Å²) in [6, 6.07) is 10.8. The topological polar surface area (TPSA) is 55.6 Å². The zero-order valence-corrected chi connectivity index (χ0v) is 11.5. The molecule has 1 aliphatic carbocycles. The summed E-state index contributed by atoms with van der Waals surface area (Å²) >= 11 is 1.71. The van der Waals surface area contributed by atoms with Gasteiger partial charge in [0.25, 0.3) is 0 Å². The first-order valence-electron chi connectivity index (χ1n) is 6.63. The van der Waals surface area contributed by atoms with Crippen molar-refractivity contribution in [2.75, 3.05) is 12.3 Å². The first-order valence-corrected chi connectivity index (χ1v) is 7.62. The highest BCUT2D eigenvalue weighted by Gasteiger charge is 2.19. The SMILES string of the molecule is c1ccc(-n2nnnc2SCCCNC2CC2)cc1. The van der Waals surface area contributed by atoms with E-state index >= 15 is 0 Å². The van der Waals surface area contributed by atoms with Crippen LogP contribution in [0, 0.1) is 0 Å². The second-order valence-corrected chi connectivity index (χ2v) is 5.70. The van der Waals surface area contributed by atoms with Crippen LogP contribution in [0.3, 0.4) is 0 Å². The fraction of sp³-hybridized carbons (Fsp3) is 0.462. The van der Waals surface area contributed by atoms with Crippen molar-refractivity contribution in [3.8, 4) is 5.69 Å². The number of hydrogen-bond donors (Lipinski definition) is 1. The molecular weight excluding hydrogens is 258 g/mol. The fourth-order valence-electron chi connectivity index (χ4n) is 1.83. The number of rotatable bonds is 7. The van der Waals surface area contributed by atoms with E-state index in [1.165, 1.54) is 12.8 Å². The summed E-state index contributed by atoms with van der Waals surface area (Å²) in [5, 5.41) is 16.3. The van der Waals surface area contributed by atoms with Crippen molar-refractivity contribution in [1.29, 1.82) is 0 Å². The lowest BCUT2D eigenvalue weighted by atomic mass is 10.3. The molecule has 0 saturated heterocycles. The van der Waals surface area contributed by atoms with Crippen LogP contribution in [0.15, 0.2) is 35.5 Å². The Bertz CT molecular complexity index is 509. The predicted octanol–water partition coefficient (Wildman–Crippen LogP) is 1.90. The number of nitrogens with one attached hydrogen (secondary N) is 1. The van der Waals surface area contributed by atoms with Crippen LogP contribution in [0.4, 0.5) is 0 Å². The quantitative estimate of drug-likeness (QED) is 0.618. The van der Waals surface area contributed by atoms with Crippen LogP contribution in [0.1, 0.15) is 19.3 Å². The van der Waals surface area contributed by atoms with E-state index in [0.717, 1.165) is 35.6 Å². The van der Waals surface area contributed by atoms with E-state index in [9.17, 15) is 0 Å². The van der Waals surface area contributed by atoms with E-state index in [4.69, 9.17) is 0 Å². The van der Waals surface area contributed by atoms with Gasteiger partial charge in [0.1, 0.15) is 0 Å². The maximum Gasteiger partial charge on any atom is 0.214 e. The Morgan fingerprint density at radius 1 is 1.26 bits per heavy atom. The summed E-state index contributed by atoms with van der Waals surface area (Å²) in [4.78, 5) is 0. The average molecular weight is 275 g/mol. The highest BCUT2D eigenvalue weighted by Crippen LogP contribution is 2.20. The van der Waals surface area contributed by atoms with Gasteiger partial charge >= 0.3 is 0 Å². The Hall–Kier alpha value is -1.40. The molecule has 1 aromatic heterocycles. The Balaban J connectivity index is 1.51.